The molecule has 0 aliphatic carbocycles. The van der Waals surface area contributed by atoms with Crippen LogP contribution >= 0.6 is 0 Å². The van der Waals surface area contributed by atoms with Gasteiger partial charge in [-0.25, -0.2) is 0 Å². The van der Waals surface area contributed by atoms with Gasteiger partial charge in [-0.1, -0.05) is 61.5 Å². The van der Waals surface area contributed by atoms with E-state index in [1.54, 1.807) is 27.9 Å². The van der Waals surface area contributed by atoms with Crippen molar-refractivity contribution >= 4 is 11.8 Å². The van der Waals surface area contributed by atoms with Crippen LogP contribution in [0.25, 0.3) is 0 Å². The number of Topliss-reactive ketones (excluding diaryl/α,β-unsaturated/α-hetero) is 1. The molecule has 0 amide bonds. The van der Waals surface area contributed by atoms with Crippen LogP contribution in [-0.2, 0) is 47.5 Å². The quantitative estimate of drug-likeness (QED) is 0.152. The largest absolute Gasteiger partial charge is 0.481 e. The summed E-state index contributed by atoms with van der Waals surface area (Å²) in [5.41, 5.74) is -0.398. The molecule has 15 nitrogen and oxygen atoms in total. The number of hydrogen-bond donors (Lipinski definition) is 5. The zero-order chi connectivity index (χ0) is 45.9. The van der Waals surface area contributed by atoms with Crippen LogP contribution in [-0.4, -0.2) is 135 Å². The smallest absolute Gasteiger partial charge is 0.306 e. The van der Waals surface area contributed by atoms with Crippen molar-refractivity contribution in [2.75, 3.05) is 13.7 Å². The standard InChI is InChI=1S/C47H78O15/c1-23(39(51)24(2)16-27(5)43(52)53)15-25(3)40-30(8)34(50)21-45(60-40)14-13-44(11,62-45)37-20-35(57-38-19-33(49)42(55-12)32(10)56-38)31(9)47(59-37)29(7)18-36(58-47)41-26(4)17-28(6)46(54,22-48)61-41/h15,24-38,40-42,48-50,54H,13-14,16-22H2,1-12H3,(H,52,53)/b23-15+/t24-,25+,26+,27+,28-,29+,30-,31-,32?,33?,34+,35+,36-,37-,38?,40-,41+,42?,44+,45-,46+,47+/m1/s1. The van der Waals surface area contributed by atoms with E-state index in [0.717, 1.165) is 0 Å². The molecular weight excluding hydrogens is 805 g/mol. The molecule has 0 aromatic carbocycles. The van der Waals surface area contributed by atoms with Crippen molar-refractivity contribution in [2.24, 2.45) is 47.3 Å². The number of aliphatic hydroxyl groups is 4. The third-order valence-corrected chi connectivity index (χ3v) is 15.9. The Morgan fingerprint density at radius 1 is 0.887 bits per heavy atom. The number of carbonyl (C=O) groups excluding carboxylic acids is 1. The number of carbonyl (C=O) groups is 2. The van der Waals surface area contributed by atoms with Crippen molar-refractivity contribution in [2.45, 2.75) is 212 Å². The molecule has 0 bridgehead atoms. The van der Waals surface area contributed by atoms with Crippen molar-refractivity contribution in [3.05, 3.63) is 11.6 Å². The van der Waals surface area contributed by atoms with Gasteiger partial charge in [0.05, 0.1) is 67.0 Å². The summed E-state index contributed by atoms with van der Waals surface area (Å²) < 4.78 is 53.5. The number of aliphatic hydroxyl groups excluding tert-OH is 3. The summed E-state index contributed by atoms with van der Waals surface area (Å²) in [5.74, 6) is -7.44. The SMILES string of the molecule is COC1C(O)CC(O[C@H]2C[C@H]([C@]3(C)CC[C@]4(C[C@H](O)[C@@H](C)[C@@H]([C@@H](C)/C=C(\C)C(=O)[C@H](C)C[C@H](C)C(=O)O)O4)O3)O[C@]3(O[C@@H]([C@H]4O[C@@](O)(CO)[C@H](C)C[C@@H]4C)C[C@@H]3C)[C@@H]2C)OC1C. The Kier molecular flexibility index (Phi) is 15.2. The van der Waals surface area contributed by atoms with Crippen LogP contribution in [0.3, 0.4) is 0 Å². The highest BCUT2D eigenvalue weighted by molar-refractivity contribution is 5.96. The van der Waals surface area contributed by atoms with Crippen LogP contribution < -0.4 is 0 Å². The molecule has 0 aromatic rings. The molecule has 6 aliphatic rings. The maximum atomic E-state index is 13.4. The van der Waals surface area contributed by atoms with Crippen molar-refractivity contribution < 1.29 is 73.0 Å². The summed E-state index contributed by atoms with van der Waals surface area (Å²) in [5, 5.41) is 53.5. The first-order chi connectivity index (χ1) is 28.9. The first-order valence-corrected chi connectivity index (χ1v) is 23.3. The molecule has 6 rings (SSSR count). The lowest BCUT2D eigenvalue weighted by molar-refractivity contribution is -0.391. The van der Waals surface area contributed by atoms with E-state index < -0.39 is 109 Å². The van der Waals surface area contributed by atoms with E-state index in [4.69, 9.17) is 37.9 Å². The van der Waals surface area contributed by atoms with Gasteiger partial charge in [0.25, 0.3) is 0 Å². The zero-order valence-electron chi connectivity index (χ0n) is 39.2. The van der Waals surface area contributed by atoms with E-state index in [2.05, 4.69) is 20.8 Å². The van der Waals surface area contributed by atoms with Gasteiger partial charge in [0.2, 0.25) is 0 Å². The number of carboxylic acids is 1. The molecule has 6 heterocycles. The van der Waals surface area contributed by atoms with E-state index in [1.807, 2.05) is 40.7 Å². The van der Waals surface area contributed by atoms with Gasteiger partial charge in [0.1, 0.15) is 6.10 Å². The fraction of sp³-hybridized carbons (Fsp3) is 0.915. The number of methoxy groups -OCH3 is 1. The van der Waals surface area contributed by atoms with E-state index in [0.29, 0.717) is 37.7 Å². The van der Waals surface area contributed by atoms with Crippen LogP contribution in [0.15, 0.2) is 11.6 Å². The van der Waals surface area contributed by atoms with E-state index in [9.17, 15) is 35.1 Å². The third-order valence-electron chi connectivity index (χ3n) is 15.9. The van der Waals surface area contributed by atoms with Crippen LogP contribution in [0.1, 0.15) is 128 Å². The Balaban J connectivity index is 1.25. The molecule has 6 saturated heterocycles. The second-order valence-corrected chi connectivity index (χ2v) is 20.8. The minimum atomic E-state index is -1.69. The van der Waals surface area contributed by atoms with Gasteiger partial charge in [0, 0.05) is 68.3 Å². The summed E-state index contributed by atoms with van der Waals surface area (Å²) in [6.45, 7) is 20.5. The molecular formula is C47H78O15. The minimum absolute atomic E-state index is 0.0298. The second kappa shape index (κ2) is 18.9. The average molecular weight is 883 g/mol. The summed E-state index contributed by atoms with van der Waals surface area (Å²) >= 11 is 0. The molecule has 0 radical (unpaired) electrons. The van der Waals surface area contributed by atoms with E-state index >= 15 is 0 Å². The summed E-state index contributed by atoms with van der Waals surface area (Å²) in [4.78, 5) is 24.8. The van der Waals surface area contributed by atoms with Crippen LogP contribution in [0.5, 0.6) is 0 Å². The zero-order valence-corrected chi connectivity index (χ0v) is 39.2. The fourth-order valence-corrected chi connectivity index (χ4v) is 11.9. The Morgan fingerprint density at radius 2 is 1.58 bits per heavy atom. The number of aliphatic carboxylic acids is 1. The fourth-order valence-electron chi connectivity index (χ4n) is 11.9. The van der Waals surface area contributed by atoms with Crippen molar-refractivity contribution in [3.63, 3.8) is 0 Å². The van der Waals surface area contributed by atoms with E-state index in [1.165, 1.54) is 0 Å². The van der Waals surface area contributed by atoms with Gasteiger partial charge in [-0.15, -0.1) is 0 Å². The number of ketones is 1. The molecule has 0 saturated carbocycles. The molecule has 62 heavy (non-hydrogen) atoms. The Morgan fingerprint density at radius 3 is 2.21 bits per heavy atom. The molecule has 5 N–H and O–H groups in total. The van der Waals surface area contributed by atoms with Crippen molar-refractivity contribution in [1.82, 2.24) is 0 Å². The highest BCUT2D eigenvalue weighted by Gasteiger charge is 2.65. The molecule has 2 spiro atoms. The summed E-state index contributed by atoms with van der Waals surface area (Å²) in [7, 11) is 1.55. The predicted octanol–water partition coefficient (Wildman–Crippen LogP) is 5.12. The number of carboxylic acid groups (broad SMARTS) is 1. The Labute approximate surface area is 368 Å². The van der Waals surface area contributed by atoms with Gasteiger partial charge in [-0.3, -0.25) is 9.59 Å². The molecule has 22 atom stereocenters. The molecule has 6 aliphatic heterocycles. The first-order valence-electron chi connectivity index (χ1n) is 23.3. The van der Waals surface area contributed by atoms with Crippen molar-refractivity contribution in [1.29, 1.82) is 0 Å². The number of allylic oxidation sites excluding steroid dienone is 1. The molecule has 356 valence electrons. The van der Waals surface area contributed by atoms with Gasteiger partial charge < -0.3 is 63.4 Å². The maximum Gasteiger partial charge on any atom is 0.306 e. The van der Waals surface area contributed by atoms with Gasteiger partial charge >= 0.3 is 5.97 Å². The monoisotopic (exact) mass is 883 g/mol. The Bertz CT molecular complexity index is 1600. The normalized spacial score (nSPS) is 49.2. The third kappa shape index (κ3) is 9.62. The lowest BCUT2D eigenvalue weighted by atomic mass is 9.76. The molecule has 6 fully saturated rings. The lowest BCUT2D eigenvalue weighted by Gasteiger charge is -2.54. The number of hydrogen-bond acceptors (Lipinski definition) is 14. The van der Waals surface area contributed by atoms with Crippen LogP contribution in [0, 0.1) is 47.3 Å². The summed E-state index contributed by atoms with van der Waals surface area (Å²) in [6.07, 6.45) is -0.451. The Hall–Kier alpha value is -1.60. The summed E-state index contributed by atoms with van der Waals surface area (Å²) in [6, 6.07) is 0. The maximum absolute atomic E-state index is 13.4. The van der Waals surface area contributed by atoms with Gasteiger partial charge in [-0.05, 0) is 57.9 Å². The lowest BCUT2D eigenvalue weighted by Crippen LogP contribution is -2.63. The second-order valence-electron chi connectivity index (χ2n) is 20.8. The van der Waals surface area contributed by atoms with Gasteiger partial charge in [0.15, 0.2) is 29.4 Å². The molecule has 4 unspecified atom stereocenters. The molecule has 0 aromatic heterocycles. The van der Waals surface area contributed by atoms with Crippen LogP contribution in [0.4, 0.5) is 0 Å². The molecule has 15 heteroatoms. The topological polar surface area (TPSA) is 209 Å². The van der Waals surface area contributed by atoms with Gasteiger partial charge in [-0.2, -0.15) is 0 Å². The van der Waals surface area contributed by atoms with Crippen molar-refractivity contribution in [3.8, 4) is 0 Å². The highest BCUT2D eigenvalue weighted by atomic mass is 16.8. The number of rotatable bonds is 13. The van der Waals surface area contributed by atoms with E-state index in [-0.39, 0.29) is 60.6 Å². The van der Waals surface area contributed by atoms with Crippen LogP contribution in [0.2, 0.25) is 0 Å². The minimum Gasteiger partial charge on any atom is -0.481 e. The predicted molar refractivity (Wildman–Crippen MR) is 225 cm³/mol. The first kappa shape index (κ1) is 49.8. The number of ether oxygens (including phenoxy) is 8. The highest BCUT2D eigenvalue weighted by Crippen LogP contribution is 2.56. The average Bonchev–Trinajstić information content (AvgIpc) is 3.71.